The zero-order valence-corrected chi connectivity index (χ0v) is 25.1. The van der Waals surface area contributed by atoms with Gasteiger partial charge in [-0.1, -0.05) is 19.2 Å². The molecule has 2 fully saturated rings. The summed E-state index contributed by atoms with van der Waals surface area (Å²) in [6.07, 6.45) is 3.58. The Hall–Kier alpha value is -3.60. The third-order valence-corrected chi connectivity index (χ3v) is 9.35. The van der Waals surface area contributed by atoms with Gasteiger partial charge in [0.2, 0.25) is 5.88 Å². The standard InChI is InChI=1S/C31H37N5O4Si/c1-4-39-31(37)30-25-18-35(19-26(25)30)17-23-7-5-21-15-24(8-9-27(21)34-23)40-29-10-6-22(16-32-29)28-11-12-33-36(28)20-38-13-14-41(2)3/h5-12,15-16,25-26,30,41H,4,13-14,17-20H2,1-3H3/t25-,26+,30+. The van der Waals surface area contributed by atoms with E-state index in [-0.39, 0.29) is 11.9 Å². The number of likely N-dealkylation sites (tertiary alicyclic amines) is 1. The van der Waals surface area contributed by atoms with Crippen LogP contribution in [0.2, 0.25) is 19.1 Å². The highest BCUT2D eigenvalue weighted by Gasteiger charge is 2.60. The predicted octanol–water partition coefficient (Wildman–Crippen LogP) is 4.99. The first-order valence-corrected chi connectivity index (χ1v) is 17.6. The molecule has 10 heteroatoms. The summed E-state index contributed by atoms with van der Waals surface area (Å²) in [5.74, 6) is 2.19. The Kier molecular flexibility index (Phi) is 8.13. The fourth-order valence-corrected chi connectivity index (χ4v) is 6.36. The molecule has 1 aliphatic heterocycles. The number of pyridine rings is 2. The van der Waals surface area contributed by atoms with E-state index in [1.54, 1.807) is 12.4 Å². The van der Waals surface area contributed by atoms with Crippen molar-refractivity contribution in [3.05, 3.63) is 66.6 Å². The van der Waals surface area contributed by atoms with Gasteiger partial charge in [-0.05, 0) is 61.2 Å². The van der Waals surface area contributed by atoms with Gasteiger partial charge < -0.3 is 14.2 Å². The Morgan fingerprint density at radius 3 is 2.68 bits per heavy atom. The second kappa shape index (κ2) is 12.1. The van der Waals surface area contributed by atoms with Gasteiger partial charge in [0.1, 0.15) is 12.5 Å². The molecule has 9 nitrogen and oxygen atoms in total. The first-order chi connectivity index (χ1) is 20.0. The molecule has 0 N–H and O–H groups in total. The number of carbonyl (C=O) groups is 1. The second-order valence-corrected chi connectivity index (χ2v) is 14.7. The molecule has 1 saturated heterocycles. The van der Waals surface area contributed by atoms with E-state index in [1.807, 2.05) is 48.0 Å². The van der Waals surface area contributed by atoms with E-state index in [4.69, 9.17) is 19.2 Å². The van der Waals surface area contributed by atoms with Gasteiger partial charge in [0.25, 0.3) is 0 Å². The zero-order valence-electron chi connectivity index (χ0n) is 23.9. The molecule has 0 bridgehead atoms. The van der Waals surface area contributed by atoms with Crippen LogP contribution in [0.3, 0.4) is 0 Å². The number of benzene rings is 1. The molecule has 1 aliphatic carbocycles. The quantitative estimate of drug-likeness (QED) is 0.134. The molecule has 3 atom stereocenters. The summed E-state index contributed by atoms with van der Waals surface area (Å²) in [5.41, 5.74) is 3.88. The molecule has 6 rings (SSSR count). The maximum Gasteiger partial charge on any atom is 0.309 e. The van der Waals surface area contributed by atoms with Crippen LogP contribution in [0.25, 0.3) is 22.2 Å². The molecule has 0 unspecified atom stereocenters. The maximum atomic E-state index is 12.0. The van der Waals surface area contributed by atoms with Crippen molar-refractivity contribution in [2.45, 2.75) is 39.3 Å². The average Bonchev–Trinajstić information content (AvgIpc) is 3.25. The van der Waals surface area contributed by atoms with Crippen LogP contribution >= 0.6 is 0 Å². The normalized spacial score (nSPS) is 20.0. The van der Waals surface area contributed by atoms with Crippen molar-refractivity contribution in [3.8, 4) is 22.9 Å². The lowest BCUT2D eigenvalue weighted by atomic mass is 10.2. The number of hydrogen-bond acceptors (Lipinski definition) is 8. The van der Waals surface area contributed by atoms with Crippen LogP contribution < -0.4 is 4.74 Å². The van der Waals surface area contributed by atoms with Crippen LogP contribution in [-0.2, 0) is 27.5 Å². The van der Waals surface area contributed by atoms with Crippen molar-refractivity contribution in [2.75, 3.05) is 26.3 Å². The van der Waals surface area contributed by atoms with Gasteiger partial charge in [0, 0.05) is 64.4 Å². The molecule has 1 saturated carbocycles. The summed E-state index contributed by atoms with van der Waals surface area (Å²) in [6.45, 7) is 10.8. The van der Waals surface area contributed by atoms with Crippen molar-refractivity contribution in [1.29, 1.82) is 0 Å². The van der Waals surface area contributed by atoms with E-state index in [0.29, 0.717) is 36.8 Å². The molecule has 2 aliphatic rings. The first-order valence-electron chi connectivity index (χ1n) is 14.5. The Bertz CT molecular complexity index is 1500. The number of aromatic nitrogens is 4. The maximum absolute atomic E-state index is 12.0. The number of piperidine rings is 1. The molecule has 0 spiro atoms. The monoisotopic (exact) mass is 571 g/mol. The van der Waals surface area contributed by atoms with Gasteiger partial charge in [-0.15, -0.1) is 0 Å². The molecule has 0 radical (unpaired) electrons. The molecule has 214 valence electrons. The number of carbonyl (C=O) groups excluding carboxylic acids is 1. The molecular weight excluding hydrogens is 534 g/mol. The minimum Gasteiger partial charge on any atom is -0.466 e. The fourth-order valence-electron chi connectivity index (χ4n) is 5.72. The molecular formula is C31H37N5O4Si. The van der Waals surface area contributed by atoms with Crippen LogP contribution in [0, 0.1) is 17.8 Å². The predicted molar refractivity (Wildman–Crippen MR) is 159 cm³/mol. The molecule has 3 aromatic heterocycles. The van der Waals surface area contributed by atoms with E-state index in [0.717, 1.165) is 60.1 Å². The van der Waals surface area contributed by atoms with Crippen molar-refractivity contribution in [2.24, 2.45) is 17.8 Å². The highest BCUT2D eigenvalue weighted by atomic mass is 28.3. The van der Waals surface area contributed by atoms with Crippen molar-refractivity contribution in [3.63, 3.8) is 0 Å². The largest absolute Gasteiger partial charge is 0.466 e. The summed E-state index contributed by atoms with van der Waals surface area (Å²) < 4.78 is 18.9. The minimum atomic E-state index is -0.614. The average molecular weight is 572 g/mol. The summed E-state index contributed by atoms with van der Waals surface area (Å²) >= 11 is 0. The Morgan fingerprint density at radius 1 is 1.07 bits per heavy atom. The highest BCUT2D eigenvalue weighted by molar-refractivity contribution is 6.55. The number of ether oxygens (including phenoxy) is 3. The van der Waals surface area contributed by atoms with E-state index >= 15 is 0 Å². The lowest BCUT2D eigenvalue weighted by Crippen LogP contribution is -2.26. The molecule has 41 heavy (non-hydrogen) atoms. The fraction of sp³-hybridized carbons (Fsp3) is 0.419. The number of esters is 1. The summed E-state index contributed by atoms with van der Waals surface area (Å²) in [6, 6.07) is 17.1. The Labute approximate surface area is 242 Å². The lowest BCUT2D eigenvalue weighted by molar-refractivity contribution is -0.145. The van der Waals surface area contributed by atoms with Crippen LogP contribution in [0.1, 0.15) is 12.6 Å². The zero-order chi connectivity index (χ0) is 28.3. The molecule has 0 amide bonds. The SMILES string of the molecule is CCOC(=O)[C@H]1[C@@H]2CN(Cc3ccc4cc(Oc5ccc(-c6ccnn6COCC[SiH](C)C)cn5)ccc4n3)C[C@@H]21. The number of fused-ring (bicyclic) bond motifs is 2. The lowest BCUT2D eigenvalue weighted by Gasteiger charge is -2.18. The van der Waals surface area contributed by atoms with Gasteiger partial charge in [-0.25, -0.2) is 9.67 Å². The van der Waals surface area contributed by atoms with Gasteiger partial charge >= 0.3 is 5.97 Å². The van der Waals surface area contributed by atoms with Gasteiger partial charge in [0.05, 0.1) is 29.4 Å². The number of hydrogen-bond donors (Lipinski definition) is 0. The molecule has 1 aromatic carbocycles. The Balaban J connectivity index is 1.04. The van der Waals surface area contributed by atoms with Crippen LogP contribution in [0.4, 0.5) is 0 Å². The third kappa shape index (κ3) is 6.34. The van der Waals surface area contributed by atoms with E-state index in [1.165, 1.54) is 0 Å². The van der Waals surface area contributed by atoms with Crippen molar-refractivity contribution in [1.82, 2.24) is 24.6 Å². The third-order valence-electron chi connectivity index (χ3n) is 7.96. The second-order valence-electron chi connectivity index (χ2n) is 11.4. The Morgan fingerprint density at radius 2 is 1.93 bits per heavy atom. The summed E-state index contributed by atoms with van der Waals surface area (Å²) in [5, 5.41) is 5.41. The first kappa shape index (κ1) is 27.6. The molecule has 4 heterocycles. The minimum absolute atomic E-state index is 0.0263. The summed E-state index contributed by atoms with van der Waals surface area (Å²) in [4.78, 5) is 23.8. The van der Waals surface area contributed by atoms with Gasteiger partial charge in [-0.2, -0.15) is 5.10 Å². The van der Waals surface area contributed by atoms with Gasteiger partial charge in [0.15, 0.2) is 0 Å². The van der Waals surface area contributed by atoms with E-state index in [9.17, 15) is 4.79 Å². The van der Waals surface area contributed by atoms with Crippen molar-refractivity contribution < 1.29 is 19.0 Å². The topological polar surface area (TPSA) is 91.6 Å². The smallest absolute Gasteiger partial charge is 0.309 e. The van der Waals surface area contributed by atoms with Crippen LogP contribution in [0.15, 0.2) is 60.9 Å². The van der Waals surface area contributed by atoms with Crippen LogP contribution in [0.5, 0.6) is 11.6 Å². The van der Waals surface area contributed by atoms with Crippen LogP contribution in [-0.4, -0.2) is 65.7 Å². The van der Waals surface area contributed by atoms with E-state index < -0.39 is 8.80 Å². The molecule has 4 aromatic rings. The number of nitrogens with zero attached hydrogens (tertiary/aromatic N) is 5. The van der Waals surface area contributed by atoms with E-state index in [2.05, 4.69) is 40.2 Å². The number of rotatable bonds is 12. The highest BCUT2D eigenvalue weighted by Crippen LogP contribution is 2.52. The summed E-state index contributed by atoms with van der Waals surface area (Å²) in [7, 11) is -0.614. The van der Waals surface area contributed by atoms with Gasteiger partial charge in [-0.3, -0.25) is 14.7 Å². The van der Waals surface area contributed by atoms with Crippen molar-refractivity contribution >= 4 is 25.7 Å².